The molecule has 1 aliphatic rings. The number of para-hydroxylation sites is 1. The van der Waals surface area contributed by atoms with E-state index in [9.17, 15) is 9.59 Å². The van der Waals surface area contributed by atoms with Gasteiger partial charge in [0, 0.05) is 24.1 Å². The normalized spacial score (nSPS) is 18.0. The maximum absolute atomic E-state index is 12.4. The molecule has 1 fully saturated rings. The Bertz CT molecular complexity index is 751. The summed E-state index contributed by atoms with van der Waals surface area (Å²) >= 11 is 1.37. The first-order valence-electron chi connectivity index (χ1n) is 7.85. The number of hydrogen-bond acceptors (Lipinski definition) is 5. The molecule has 0 bridgehead atoms. The number of benzene rings is 1. The molecule has 24 heavy (non-hydrogen) atoms. The lowest BCUT2D eigenvalue weighted by molar-refractivity contribution is -0.122. The summed E-state index contributed by atoms with van der Waals surface area (Å²) in [5.74, 6) is -0.591. The lowest BCUT2D eigenvalue weighted by Gasteiger charge is -2.16. The van der Waals surface area contributed by atoms with Crippen LogP contribution in [-0.2, 0) is 15.0 Å². The molecule has 2 amide bonds. The second kappa shape index (κ2) is 6.32. The van der Waals surface area contributed by atoms with Crippen molar-refractivity contribution in [2.45, 2.75) is 32.6 Å². The van der Waals surface area contributed by atoms with Crippen LogP contribution in [0.4, 0.5) is 10.8 Å². The number of nitrogens with one attached hydrogen (secondary N) is 1. The number of amides is 2. The average molecular weight is 344 g/mol. The highest BCUT2D eigenvalue weighted by molar-refractivity contribution is 7.15. The average Bonchev–Trinajstić information content (AvgIpc) is 3.14. The molecular formula is C17H20N4O2S. The molecule has 0 saturated carbocycles. The first-order valence-corrected chi connectivity index (χ1v) is 8.66. The lowest BCUT2D eigenvalue weighted by atomic mass is 9.98. The third-order valence-corrected chi connectivity index (χ3v) is 5.12. The second-order valence-corrected chi connectivity index (χ2v) is 7.87. The molecule has 0 aliphatic carbocycles. The molecule has 0 radical (unpaired) electrons. The zero-order chi connectivity index (χ0) is 17.3. The first kappa shape index (κ1) is 16.6. The molecule has 3 rings (SSSR count). The van der Waals surface area contributed by atoms with Crippen LogP contribution in [-0.4, -0.2) is 28.6 Å². The molecule has 1 aliphatic heterocycles. The van der Waals surface area contributed by atoms with Gasteiger partial charge in [-0.05, 0) is 12.1 Å². The Kier molecular flexibility index (Phi) is 4.36. The van der Waals surface area contributed by atoms with Crippen molar-refractivity contribution in [3.05, 3.63) is 35.3 Å². The van der Waals surface area contributed by atoms with Gasteiger partial charge in [0.1, 0.15) is 5.01 Å². The van der Waals surface area contributed by atoms with Crippen molar-refractivity contribution in [2.24, 2.45) is 5.92 Å². The Morgan fingerprint density at radius 3 is 2.58 bits per heavy atom. The van der Waals surface area contributed by atoms with Crippen molar-refractivity contribution in [3.63, 3.8) is 0 Å². The number of nitrogens with zero attached hydrogens (tertiary/aromatic N) is 3. The number of hydrogen-bond donors (Lipinski definition) is 1. The van der Waals surface area contributed by atoms with Crippen LogP contribution in [0.15, 0.2) is 30.3 Å². The predicted octanol–water partition coefficient (Wildman–Crippen LogP) is 2.83. The highest BCUT2D eigenvalue weighted by atomic mass is 32.1. The third-order valence-electron chi connectivity index (χ3n) is 3.86. The molecule has 1 N–H and O–H groups in total. The van der Waals surface area contributed by atoms with E-state index in [1.54, 1.807) is 4.90 Å². The topological polar surface area (TPSA) is 75.2 Å². The largest absolute Gasteiger partial charge is 0.312 e. The molecule has 7 heteroatoms. The Balaban J connectivity index is 1.66. The molecule has 1 saturated heterocycles. The van der Waals surface area contributed by atoms with Crippen LogP contribution < -0.4 is 10.2 Å². The number of aromatic nitrogens is 2. The van der Waals surface area contributed by atoms with Crippen molar-refractivity contribution in [1.29, 1.82) is 0 Å². The van der Waals surface area contributed by atoms with Crippen molar-refractivity contribution < 1.29 is 9.59 Å². The summed E-state index contributed by atoms with van der Waals surface area (Å²) in [7, 11) is 0. The molecule has 2 aromatic rings. The van der Waals surface area contributed by atoms with Gasteiger partial charge in [-0.3, -0.25) is 9.59 Å². The summed E-state index contributed by atoms with van der Waals surface area (Å²) in [4.78, 5) is 26.3. The Morgan fingerprint density at radius 1 is 1.25 bits per heavy atom. The lowest BCUT2D eigenvalue weighted by Crippen LogP contribution is -2.28. The smallest absolute Gasteiger partial charge is 0.231 e. The molecule has 1 atom stereocenters. The van der Waals surface area contributed by atoms with Gasteiger partial charge in [0.2, 0.25) is 16.9 Å². The third kappa shape index (κ3) is 3.46. The SMILES string of the molecule is CC(C)(C)c1nnc(NC(=O)C2CC(=O)N(c3ccccc3)C2)s1. The summed E-state index contributed by atoms with van der Waals surface area (Å²) in [5, 5.41) is 12.3. The van der Waals surface area contributed by atoms with E-state index in [1.165, 1.54) is 11.3 Å². The van der Waals surface area contributed by atoms with E-state index in [0.717, 1.165) is 10.7 Å². The van der Waals surface area contributed by atoms with Crippen molar-refractivity contribution in [2.75, 3.05) is 16.8 Å². The van der Waals surface area contributed by atoms with E-state index in [1.807, 2.05) is 51.1 Å². The van der Waals surface area contributed by atoms with Gasteiger partial charge in [-0.15, -0.1) is 10.2 Å². The van der Waals surface area contributed by atoms with E-state index in [2.05, 4.69) is 15.5 Å². The summed E-state index contributed by atoms with van der Waals surface area (Å²) < 4.78 is 0. The number of anilines is 2. The first-order chi connectivity index (χ1) is 11.3. The predicted molar refractivity (Wildman–Crippen MR) is 94.1 cm³/mol. The molecular weight excluding hydrogens is 324 g/mol. The standard InChI is InChI=1S/C17H20N4O2S/c1-17(2,3)15-19-20-16(24-15)18-14(23)11-9-13(22)21(10-11)12-7-5-4-6-8-12/h4-8,11H,9-10H2,1-3H3,(H,18,20,23). The minimum Gasteiger partial charge on any atom is -0.312 e. The number of rotatable bonds is 3. The molecule has 2 heterocycles. The van der Waals surface area contributed by atoms with Gasteiger partial charge in [-0.1, -0.05) is 50.3 Å². The maximum Gasteiger partial charge on any atom is 0.231 e. The summed E-state index contributed by atoms with van der Waals surface area (Å²) in [6, 6.07) is 9.41. The van der Waals surface area contributed by atoms with Gasteiger partial charge in [-0.25, -0.2) is 0 Å². The second-order valence-electron chi connectivity index (χ2n) is 6.89. The van der Waals surface area contributed by atoms with Crippen LogP contribution in [0, 0.1) is 5.92 Å². The molecule has 6 nitrogen and oxygen atoms in total. The molecule has 1 aromatic carbocycles. The summed E-state index contributed by atoms with van der Waals surface area (Å²) in [6.45, 7) is 6.53. The minimum atomic E-state index is -0.375. The van der Waals surface area contributed by atoms with E-state index in [-0.39, 0.29) is 29.6 Å². The molecule has 1 unspecified atom stereocenters. The Morgan fingerprint density at radius 2 is 1.96 bits per heavy atom. The molecule has 126 valence electrons. The van der Waals surface area contributed by atoms with E-state index < -0.39 is 0 Å². The van der Waals surface area contributed by atoms with Crippen LogP contribution in [0.3, 0.4) is 0 Å². The Labute approximate surface area is 144 Å². The quantitative estimate of drug-likeness (QED) is 0.929. The molecule has 1 aromatic heterocycles. The highest BCUT2D eigenvalue weighted by Gasteiger charge is 2.35. The fourth-order valence-electron chi connectivity index (χ4n) is 2.52. The zero-order valence-electron chi connectivity index (χ0n) is 13.9. The van der Waals surface area contributed by atoms with Gasteiger partial charge < -0.3 is 10.2 Å². The van der Waals surface area contributed by atoms with Crippen molar-refractivity contribution >= 4 is 34.0 Å². The minimum absolute atomic E-state index is 0.0333. The van der Waals surface area contributed by atoms with Crippen LogP contribution in [0.2, 0.25) is 0 Å². The van der Waals surface area contributed by atoms with Crippen LogP contribution >= 0.6 is 11.3 Å². The van der Waals surface area contributed by atoms with Crippen molar-refractivity contribution in [3.8, 4) is 0 Å². The number of carbonyl (C=O) groups is 2. The summed E-state index contributed by atoms with van der Waals surface area (Å²) in [6.07, 6.45) is 0.214. The Hall–Kier alpha value is -2.28. The maximum atomic E-state index is 12.4. The van der Waals surface area contributed by atoms with Gasteiger partial charge in [0.05, 0.1) is 5.92 Å². The van der Waals surface area contributed by atoms with Gasteiger partial charge >= 0.3 is 0 Å². The summed E-state index contributed by atoms with van der Waals surface area (Å²) in [5.41, 5.74) is 0.720. The van der Waals surface area contributed by atoms with Gasteiger partial charge in [-0.2, -0.15) is 0 Å². The van der Waals surface area contributed by atoms with E-state index >= 15 is 0 Å². The van der Waals surface area contributed by atoms with E-state index in [4.69, 9.17) is 0 Å². The number of carbonyl (C=O) groups excluding carboxylic acids is 2. The fraction of sp³-hybridized carbons (Fsp3) is 0.412. The monoisotopic (exact) mass is 344 g/mol. The van der Waals surface area contributed by atoms with Crippen LogP contribution in [0.25, 0.3) is 0 Å². The zero-order valence-corrected chi connectivity index (χ0v) is 14.8. The highest BCUT2D eigenvalue weighted by Crippen LogP contribution is 2.29. The van der Waals surface area contributed by atoms with Crippen LogP contribution in [0.5, 0.6) is 0 Å². The van der Waals surface area contributed by atoms with Gasteiger partial charge in [0.25, 0.3) is 0 Å². The van der Waals surface area contributed by atoms with E-state index in [0.29, 0.717) is 11.7 Å². The van der Waals surface area contributed by atoms with Crippen molar-refractivity contribution in [1.82, 2.24) is 10.2 Å². The van der Waals surface area contributed by atoms with Gasteiger partial charge in [0.15, 0.2) is 0 Å². The van der Waals surface area contributed by atoms with Crippen LogP contribution in [0.1, 0.15) is 32.2 Å². The fourth-order valence-corrected chi connectivity index (χ4v) is 3.33. The molecule has 0 spiro atoms.